The Morgan fingerprint density at radius 3 is 3.09 bits per heavy atom. The summed E-state index contributed by atoms with van der Waals surface area (Å²) in [4.78, 5) is 0. The second kappa shape index (κ2) is 1.95. The Morgan fingerprint density at radius 2 is 2.27 bits per heavy atom. The lowest BCUT2D eigenvalue weighted by atomic mass is 10.2. The van der Waals surface area contributed by atoms with Crippen molar-refractivity contribution in [3.05, 3.63) is 24.0 Å². The van der Waals surface area contributed by atoms with Gasteiger partial charge in [-0.05, 0) is 19.1 Å². The van der Waals surface area contributed by atoms with Crippen LogP contribution >= 0.6 is 0 Å². The Balaban J connectivity index is 2.81. The molecule has 11 heavy (non-hydrogen) atoms. The highest BCUT2D eigenvalue weighted by Gasteiger charge is 2.09. The summed E-state index contributed by atoms with van der Waals surface area (Å²) in [6.07, 6.45) is 1.61. The van der Waals surface area contributed by atoms with E-state index in [1.54, 1.807) is 13.1 Å². The predicted octanol–water partition coefficient (Wildman–Crippen LogP) is 0.929. The Morgan fingerprint density at radius 1 is 1.45 bits per heavy atom. The molecular weight excluding hydrogens is 142 g/mol. The summed E-state index contributed by atoms with van der Waals surface area (Å²) in [5.41, 5.74) is 1.59. The SMILES string of the molecule is Cc1ccc2cnnc-2n1O. The van der Waals surface area contributed by atoms with Crippen LogP contribution in [0.1, 0.15) is 5.69 Å². The quantitative estimate of drug-likeness (QED) is 0.567. The predicted molar refractivity (Wildman–Crippen MR) is 38.6 cm³/mol. The third kappa shape index (κ3) is 0.756. The van der Waals surface area contributed by atoms with E-state index in [0.717, 1.165) is 16.0 Å². The molecule has 0 fully saturated rings. The molecule has 4 nitrogen and oxygen atoms in total. The number of rotatable bonds is 0. The van der Waals surface area contributed by atoms with E-state index < -0.39 is 0 Å². The fourth-order valence-electron chi connectivity index (χ4n) is 0.991. The molecule has 0 atom stereocenters. The van der Waals surface area contributed by atoms with Crippen molar-refractivity contribution in [2.75, 3.05) is 0 Å². The standard InChI is InChI=1S/C7H7N3O/c1-5-2-3-6-4-8-9-7(6)10(5)11/h2-4,11H,1H3. The topological polar surface area (TPSA) is 50.9 Å². The highest BCUT2D eigenvalue weighted by molar-refractivity contribution is 5.55. The van der Waals surface area contributed by atoms with Gasteiger partial charge in [0.25, 0.3) is 0 Å². The van der Waals surface area contributed by atoms with Crippen LogP contribution in [0.2, 0.25) is 0 Å². The molecule has 56 valence electrons. The van der Waals surface area contributed by atoms with Crippen molar-refractivity contribution in [1.29, 1.82) is 0 Å². The Kier molecular flexibility index (Phi) is 1.09. The van der Waals surface area contributed by atoms with E-state index in [1.807, 2.05) is 12.1 Å². The molecule has 0 saturated heterocycles. The summed E-state index contributed by atoms with van der Waals surface area (Å²) in [6, 6.07) is 3.68. The third-order valence-corrected chi connectivity index (χ3v) is 1.65. The summed E-state index contributed by atoms with van der Waals surface area (Å²) in [7, 11) is 0. The molecule has 0 aromatic heterocycles. The van der Waals surface area contributed by atoms with Gasteiger partial charge < -0.3 is 5.21 Å². The first-order chi connectivity index (χ1) is 5.29. The van der Waals surface area contributed by atoms with Gasteiger partial charge in [-0.1, -0.05) is 0 Å². The van der Waals surface area contributed by atoms with Crippen molar-refractivity contribution in [2.24, 2.45) is 0 Å². The van der Waals surface area contributed by atoms with Crippen LogP contribution < -0.4 is 0 Å². The Labute approximate surface area is 63.4 Å². The maximum atomic E-state index is 9.36. The molecule has 1 N–H and O–H groups in total. The van der Waals surface area contributed by atoms with Gasteiger partial charge in [-0.2, -0.15) is 9.83 Å². The second-order valence-corrected chi connectivity index (χ2v) is 2.41. The van der Waals surface area contributed by atoms with Crippen molar-refractivity contribution in [3.8, 4) is 11.4 Å². The van der Waals surface area contributed by atoms with Gasteiger partial charge in [0.2, 0.25) is 0 Å². The molecule has 0 bridgehead atoms. The molecule has 2 aliphatic heterocycles. The zero-order valence-electron chi connectivity index (χ0n) is 6.02. The number of fused-ring (bicyclic) bond motifs is 1. The molecule has 0 radical (unpaired) electrons. The number of nitrogens with zero attached hydrogens (tertiary/aromatic N) is 3. The van der Waals surface area contributed by atoms with Gasteiger partial charge in [0.05, 0.1) is 11.9 Å². The average molecular weight is 149 g/mol. The molecule has 4 heteroatoms. The van der Waals surface area contributed by atoms with Crippen LogP contribution in [-0.4, -0.2) is 20.1 Å². The highest BCUT2D eigenvalue weighted by atomic mass is 16.5. The first kappa shape index (κ1) is 6.15. The van der Waals surface area contributed by atoms with Crippen molar-refractivity contribution in [3.63, 3.8) is 0 Å². The molecule has 0 unspecified atom stereocenters. The number of hydrogen-bond donors (Lipinski definition) is 1. The van der Waals surface area contributed by atoms with Gasteiger partial charge in [-0.15, -0.1) is 5.10 Å². The van der Waals surface area contributed by atoms with Gasteiger partial charge in [0.15, 0.2) is 5.82 Å². The maximum absolute atomic E-state index is 9.36. The van der Waals surface area contributed by atoms with Crippen LogP contribution in [-0.2, 0) is 0 Å². The maximum Gasteiger partial charge on any atom is 0.198 e. The van der Waals surface area contributed by atoms with Gasteiger partial charge in [-0.25, -0.2) is 0 Å². The summed E-state index contributed by atoms with van der Waals surface area (Å²) >= 11 is 0. The Hall–Kier alpha value is -1.58. The summed E-state index contributed by atoms with van der Waals surface area (Å²) < 4.78 is 1.03. The van der Waals surface area contributed by atoms with Crippen LogP contribution in [0.4, 0.5) is 0 Å². The normalized spacial score (nSPS) is 10.6. The molecule has 2 heterocycles. The van der Waals surface area contributed by atoms with E-state index in [4.69, 9.17) is 0 Å². The molecule has 0 aliphatic carbocycles. The minimum Gasteiger partial charge on any atom is -0.427 e. The van der Waals surface area contributed by atoms with Gasteiger partial charge in [0.1, 0.15) is 0 Å². The number of aryl methyl sites for hydroxylation is 1. The lowest BCUT2D eigenvalue weighted by Crippen LogP contribution is -2.02. The number of pyridine rings is 1. The lowest BCUT2D eigenvalue weighted by molar-refractivity contribution is 0.179. The summed E-state index contributed by atoms with van der Waals surface area (Å²) in [5.74, 6) is 0.505. The van der Waals surface area contributed by atoms with Crippen LogP contribution in [0, 0.1) is 6.92 Å². The highest BCUT2D eigenvalue weighted by Crippen LogP contribution is 2.17. The van der Waals surface area contributed by atoms with Crippen molar-refractivity contribution in [1.82, 2.24) is 14.9 Å². The molecule has 2 aliphatic rings. The smallest absolute Gasteiger partial charge is 0.198 e. The van der Waals surface area contributed by atoms with Gasteiger partial charge in [-0.3, -0.25) is 0 Å². The summed E-state index contributed by atoms with van der Waals surface area (Å²) in [5, 5.41) is 16.8. The Bertz CT molecular complexity index is 355. The second-order valence-electron chi connectivity index (χ2n) is 2.41. The van der Waals surface area contributed by atoms with Crippen molar-refractivity contribution >= 4 is 0 Å². The third-order valence-electron chi connectivity index (χ3n) is 1.65. The van der Waals surface area contributed by atoms with E-state index in [2.05, 4.69) is 10.2 Å². The van der Waals surface area contributed by atoms with E-state index in [-0.39, 0.29) is 0 Å². The zero-order valence-corrected chi connectivity index (χ0v) is 6.02. The molecule has 0 spiro atoms. The first-order valence-corrected chi connectivity index (χ1v) is 3.28. The van der Waals surface area contributed by atoms with Crippen molar-refractivity contribution < 1.29 is 5.21 Å². The van der Waals surface area contributed by atoms with Gasteiger partial charge in [0, 0.05) is 5.56 Å². The van der Waals surface area contributed by atoms with Crippen LogP contribution in [0.25, 0.3) is 11.4 Å². The lowest BCUT2D eigenvalue weighted by Gasteiger charge is -2.05. The monoisotopic (exact) mass is 149 g/mol. The largest absolute Gasteiger partial charge is 0.427 e. The fourth-order valence-corrected chi connectivity index (χ4v) is 0.991. The fraction of sp³-hybridized carbons (Fsp3) is 0.143. The van der Waals surface area contributed by atoms with E-state index in [9.17, 15) is 5.21 Å². The zero-order chi connectivity index (χ0) is 7.84. The van der Waals surface area contributed by atoms with Crippen LogP contribution in [0.5, 0.6) is 0 Å². The first-order valence-electron chi connectivity index (χ1n) is 3.28. The minimum absolute atomic E-state index is 0.505. The minimum atomic E-state index is 0.505. The number of aromatic nitrogens is 3. The molecule has 0 aromatic rings. The molecule has 2 rings (SSSR count). The van der Waals surface area contributed by atoms with Crippen molar-refractivity contribution in [2.45, 2.75) is 6.92 Å². The van der Waals surface area contributed by atoms with E-state index in [0.29, 0.717) is 5.82 Å². The number of hydrogen-bond acceptors (Lipinski definition) is 3. The molecule has 0 saturated carbocycles. The summed E-state index contributed by atoms with van der Waals surface area (Å²) in [6.45, 7) is 1.80. The average Bonchev–Trinajstić information content (AvgIpc) is 2.45. The molecule has 0 aromatic carbocycles. The molecule has 0 amide bonds. The molecular formula is C7H7N3O. The van der Waals surface area contributed by atoms with Crippen LogP contribution in [0.3, 0.4) is 0 Å². The van der Waals surface area contributed by atoms with E-state index in [1.165, 1.54) is 0 Å². The van der Waals surface area contributed by atoms with Crippen LogP contribution in [0.15, 0.2) is 18.3 Å². The van der Waals surface area contributed by atoms with Gasteiger partial charge >= 0.3 is 0 Å². The van der Waals surface area contributed by atoms with E-state index >= 15 is 0 Å².